The molecule has 17 heavy (non-hydrogen) atoms. The smallest absolute Gasteiger partial charge is 0.0386 e. The van der Waals surface area contributed by atoms with Crippen LogP contribution in [0.1, 0.15) is 98.3 Å². The van der Waals surface area contributed by atoms with Crippen molar-refractivity contribution in [1.29, 1.82) is 0 Å². The van der Waals surface area contributed by atoms with Gasteiger partial charge in [0.15, 0.2) is 0 Å². The minimum absolute atomic E-state index is 0. The van der Waals surface area contributed by atoms with Gasteiger partial charge in [0.1, 0.15) is 0 Å². The van der Waals surface area contributed by atoms with Gasteiger partial charge in [0.05, 0.1) is 0 Å². The summed E-state index contributed by atoms with van der Waals surface area (Å²) in [5.41, 5.74) is 0. The van der Waals surface area contributed by atoms with E-state index in [0.717, 1.165) is 11.8 Å². The second-order valence-electron chi connectivity index (χ2n) is 5.86. The molecule has 2 unspecified atom stereocenters. The highest BCUT2D eigenvalue weighted by Crippen LogP contribution is 2.41. The monoisotopic (exact) mass is 240 g/mol. The summed E-state index contributed by atoms with van der Waals surface area (Å²) in [5.74, 6) is 2.29. The molecule has 0 aromatic rings. The van der Waals surface area contributed by atoms with Crippen LogP contribution < -0.4 is 0 Å². The Kier molecular flexibility index (Phi) is 9.97. The van der Waals surface area contributed by atoms with Crippen molar-refractivity contribution in [3.8, 4) is 0 Å². The maximum atomic E-state index is 1.56. The maximum absolute atomic E-state index is 1.56. The summed E-state index contributed by atoms with van der Waals surface area (Å²) in [6, 6.07) is 0. The lowest BCUT2D eigenvalue weighted by Gasteiger charge is -2.37. The molecule has 0 aliphatic heterocycles. The fraction of sp³-hybridized carbons (Fsp3) is 1.00. The molecule has 0 aromatic carbocycles. The molecule has 0 heteroatoms. The minimum atomic E-state index is 0. The first-order valence-corrected chi connectivity index (χ1v) is 7.47. The van der Waals surface area contributed by atoms with E-state index in [4.69, 9.17) is 0 Å². The standard InChI is InChI=1S/C15H28.2CH4/c1-2-4-6-8-10-14-12-13-15(14)11-9-7-5-3-1;;/h14-15H,1-13H2;2*1H4. The van der Waals surface area contributed by atoms with Crippen LogP contribution in [-0.4, -0.2) is 0 Å². The summed E-state index contributed by atoms with van der Waals surface area (Å²) in [7, 11) is 0. The van der Waals surface area contributed by atoms with Gasteiger partial charge in [-0.15, -0.1) is 0 Å². The molecule has 2 rings (SSSR count). The van der Waals surface area contributed by atoms with Crippen LogP contribution >= 0.6 is 0 Å². The number of hydrogen-bond donors (Lipinski definition) is 0. The number of hydrogen-bond acceptors (Lipinski definition) is 0. The maximum Gasteiger partial charge on any atom is -0.0386 e. The summed E-state index contributed by atoms with van der Waals surface area (Å²) < 4.78 is 0. The highest BCUT2D eigenvalue weighted by molar-refractivity contribution is 4.80. The zero-order valence-electron chi connectivity index (χ0n) is 10.3. The van der Waals surface area contributed by atoms with Crippen LogP contribution in [0, 0.1) is 11.8 Å². The lowest BCUT2D eigenvalue weighted by molar-refractivity contribution is 0.145. The predicted molar refractivity (Wildman–Crippen MR) is 80.5 cm³/mol. The molecule has 0 amide bonds. The summed E-state index contributed by atoms with van der Waals surface area (Å²) >= 11 is 0. The lowest BCUT2D eigenvalue weighted by atomic mass is 9.69. The van der Waals surface area contributed by atoms with Crippen LogP contribution in [0.5, 0.6) is 0 Å². The SMILES string of the molecule is C.C.C1CCCCCC2CCC2CCCCC1. The van der Waals surface area contributed by atoms with E-state index in [2.05, 4.69) is 0 Å². The lowest BCUT2D eigenvalue weighted by Crippen LogP contribution is -2.25. The molecule has 0 bridgehead atoms. The van der Waals surface area contributed by atoms with Gasteiger partial charge in [0, 0.05) is 0 Å². The quantitative estimate of drug-likeness (QED) is 0.448. The van der Waals surface area contributed by atoms with Crippen molar-refractivity contribution in [3.05, 3.63) is 0 Å². The number of rotatable bonds is 0. The van der Waals surface area contributed by atoms with Gasteiger partial charge in [-0.25, -0.2) is 0 Å². The van der Waals surface area contributed by atoms with E-state index in [1.54, 1.807) is 25.7 Å². The van der Waals surface area contributed by atoms with E-state index >= 15 is 0 Å². The molecule has 2 aliphatic rings. The third-order valence-electron chi connectivity index (χ3n) is 4.72. The molecule has 0 N–H and O–H groups in total. The topological polar surface area (TPSA) is 0 Å². The van der Waals surface area contributed by atoms with Crippen LogP contribution in [0.4, 0.5) is 0 Å². The first-order chi connectivity index (χ1) is 7.47. The number of fused-ring (bicyclic) bond motifs is 1. The zero-order valence-corrected chi connectivity index (χ0v) is 10.3. The van der Waals surface area contributed by atoms with Gasteiger partial charge in [0.25, 0.3) is 0 Å². The van der Waals surface area contributed by atoms with Crippen molar-refractivity contribution in [3.63, 3.8) is 0 Å². The first-order valence-electron chi connectivity index (χ1n) is 7.47. The van der Waals surface area contributed by atoms with E-state index in [0.29, 0.717) is 0 Å². The fourth-order valence-corrected chi connectivity index (χ4v) is 3.45. The average Bonchev–Trinajstić information content (AvgIpc) is 2.23. The third kappa shape index (κ3) is 5.93. The van der Waals surface area contributed by atoms with E-state index in [1.165, 1.54) is 57.8 Å². The normalized spacial score (nSPS) is 31.1. The molecule has 2 atom stereocenters. The van der Waals surface area contributed by atoms with Gasteiger partial charge in [-0.2, -0.15) is 0 Å². The molecule has 2 saturated carbocycles. The molecule has 2 fully saturated rings. The molecule has 104 valence electrons. The zero-order chi connectivity index (χ0) is 10.3. The predicted octanol–water partition coefficient (Wildman–Crippen LogP) is 6.59. The molecule has 0 nitrogen and oxygen atoms in total. The third-order valence-corrected chi connectivity index (χ3v) is 4.72. The Morgan fingerprint density at radius 1 is 0.353 bits per heavy atom. The van der Waals surface area contributed by atoms with Gasteiger partial charge in [0.2, 0.25) is 0 Å². The van der Waals surface area contributed by atoms with Crippen molar-refractivity contribution in [2.75, 3.05) is 0 Å². The van der Waals surface area contributed by atoms with Gasteiger partial charge in [-0.05, 0) is 24.7 Å². The van der Waals surface area contributed by atoms with Crippen LogP contribution in [0.3, 0.4) is 0 Å². The van der Waals surface area contributed by atoms with E-state index < -0.39 is 0 Å². The molecule has 0 radical (unpaired) electrons. The van der Waals surface area contributed by atoms with Crippen LogP contribution in [0.15, 0.2) is 0 Å². The Labute approximate surface area is 111 Å². The van der Waals surface area contributed by atoms with Gasteiger partial charge in [-0.3, -0.25) is 0 Å². The summed E-state index contributed by atoms with van der Waals surface area (Å²) in [4.78, 5) is 0. The van der Waals surface area contributed by atoms with E-state index in [9.17, 15) is 0 Å². The summed E-state index contributed by atoms with van der Waals surface area (Å²) in [5, 5.41) is 0. The van der Waals surface area contributed by atoms with E-state index in [1.807, 2.05) is 0 Å². The van der Waals surface area contributed by atoms with Crippen molar-refractivity contribution in [1.82, 2.24) is 0 Å². The fourth-order valence-electron chi connectivity index (χ4n) is 3.45. The Bertz CT molecular complexity index is 143. The van der Waals surface area contributed by atoms with Gasteiger partial charge < -0.3 is 0 Å². The first kappa shape index (κ1) is 17.0. The molecular formula is C17H36. The second kappa shape index (κ2) is 9.97. The molecule has 0 aromatic heterocycles. The molecule has 0 spiro atoms. The van der Waals surface area contributed by atoms with Crippen LogP contribution in [0.2, 0.25) is 0 Å². The highest BCUT2D eigenvalue weighted by Gasteiger charge is 2.29. The average molecular weight is 240 g/mol. The van der Waals surface area contributed by atoms with Crippen molar-refractivity contribution >= 4 is 0 Å². The van der Waals surface area contributed by atoms with Crippen molar-refractivity contribution in [2.45, 2.75) is 98.3 Å². The van der Waals surface area contributed by atoms with Crippen molar-refractivity contribution < 1.29 is 0 Å². The Morgan fingerprint density at radius 2 is 0.647 bits per heavy atom. The van der Waals surface area contributed by atoms with Crippen LogP contribution in [0.25, 0.3) is 0 Å². The Balaban J connectivity index is 0.00000128. The van der Waals surface area contributed by atoms with Gasteiger partial charge in [-0.1, -0.05) is 85.5 Å². The molecular weight excluding hydrogens is 204 g/mol. The summed E-state index contributed by atoms with van der Waals surface area (Å²) in [6.07, 6.45) is 19.9. The molecule has 0 heterocycles. The largest absolute Gasteiger partial charge is 0.0776 e. The summed E-state index contributed by atoms with van der Waals surface area (Å²) in [6.45, 7) is 0. The van der Waals surface area contributed by atoms with Gasteiger partial charge >= 0.3 is 0 Å². The van der Waals surface area contributed by atoms with E-state index in [-0.39, 0.29) is 14.9 Å². The van der Waals surface area contributed by atoms with Crippen molar-refractivity contribution in [2.24, 2.45) is 11.8 Å². The Morgan fingerprint density at radius 3 is 0.941 bits per heavy atom. The minimum Gasteiger partial charge on any atom is -0.0776 e. The van der Waals surface area contributed by atoms with Crippen LogP contribution in [-0.2, 0) is 0 Å². The molecule has 0 saturated heterocycles. The second-order valence-corrected chi connectivity index (χ2v) is 5.86. The Hall–Kier alpha value is 0. The molecule has 2 aliphatic carbocycles. The highest BCUT2D eigenvalue weighted by atomic mass is 14.3.